The normalized spacial score (nSPS) is 23.4. The average molecular weight is 284 g/mol. The number of likely N-dealkylation sites (tertiary alicyclic amines) is 1. The van der Waals surface area contributed by atoms with Crippen molar-refractivity contribution in [1.29, 1.82) is 0 Å². The van der Waals surface area contributed by atoms with Crippen LogP contribution >= 0.6 is 0 Å². The number of aliphatic hydroxyl groups excluding tert-OH is 1. The van der Waals surface area contributed by atoms with Crippen molar-refractivity contribution in [2.45, 2.75) is 77.8 Å². The third kappa shape index (κ3) is 5.71. The van der Waals surface area contributed by atoms with Gasteiger partial charge < -0.3 is 15.3 Å². The molecule has 1 saturated heterocycles. The maximum atomic E-state index is 9.75. The molecule has 1 heterocycles. The summed E-state index contributed by atoms with van der Waals surface area (Å²) < 4.78 is 0. The Kier molecular flexibility index (Phi) is 8.08. The topological polar surface area (TPSA) is 35.5 Å². The lowest BCUT2D eigenvalue weighted by Gasteiger charge is -2.35. The SMILES string of the molecule is CCCC1CCN(CCCC(CC)(CO)NC(C)C)C1. The summed E-state index contributed by atoms with van der Waals surface area (Å²) in [5.74, 6) is 0.933. The number of nitrogens with one attached hydrogen (secondary N) is 1. The highest BCUT2D eigenvalue weighted by molar-refractivity contribution is 4.88. The highest BCUT2D eigenvalue weighted by Gasteiger charge is 2.28. The van der Waals surface area contributed by atoms with E-state index in [2.05, 4.69) is 37.9 Å². The van der Waals surface area contributed by atoms with Crippen molar-refractivity contribution in [2.75, 3.05) is 26.2 Å². The van der Waals surface area contributed by atoms with Gasteiger partial charge in [0.1, 0.15) is 0 Å². The second kappa shape index (κ2) is 9.01. The third-order valence-corrected chi connectivity index (χ3v) is 4.77. The van der Waals surface area contributed by atoms with Crippen LogP contribution in [0.1, 0.15) is 66.2 Å². The molecule has 0 spiro atoms. The summed E-state index contributed by atoms with van der Waals surface area (Å²) in [6.07, 6.45) is 7.36. The molecular formula is C17H36N2O. The summed E-state index contributed by atoms with van der Waals surface area (Å²) in [6, 6.07) is 0.433. The summed E-state index contributed by atoms with van der Waals surface area (Å²) in [6.45, 7) is 12.8. The molecule has 0 aliphatic carbocycles. The minimum absolute atomic E-state index is 0.0727. The van der Waals surface area contributed by atoms with Crippen LogP contribution in [-0.2, 0) is 0 Å². The van der Waals surface area contributed by atoms with E-state index >= 15 is 0 Å². The van der Waals surface area contributed by atoms with Crippen molar-refractivity contribution in [2.24, 2.45) is 5.92 Å². The summed E-state index contributed by atoms with van der Waals surface area (Å²) in [7, 11) is 0. The summed E-state index contributed by atoms with van der Waals surface area (Å²) in [5, 5.41) is 13.3. The lowest BCUT2D eigenvalue weighted by molar-refractivity contribution is 0.131. The predicted molar refractivity (Wildman–Crippen MR) is 87.1 cm³/mol. The minimum atomic E-state index is -0.0727. The van der Waals surface area contributed by atoms with E-state index in [4.69, 9.17) is 0 Å². The molecule has 0 bridgehead atoms. The van der Waals surface area contributed by atoms with Gasteiger partial charge in [0.05, 0.1) is 6.61 Å². The summed E-state index contributed by atoms with van der Waals surface area (Å²) in [4.78, 5) is 2.62. The smallest absolute Gasteiger partial charge is 0.0613 e. The fraction of sp³-hybridized carbons (Fsp3) is 1.00. The molecule has 1 aliphatic rings. The van der Waals surface area contributed by atoms with Crippen molar-refractivity contribution in [3.05, 3.63) is 0 Å². The largest absolute Gasteiger partial charge is 0.394 e. The second-order valence-corrected chi connectivity index (χ2v) is 6.94. The van der Waals surface area contributed by atoms with Gasteiger partial charge in [0.2, 0.25) is 0 Å². The number of aliphatic hydroxyl groups is 1. The molecule has 0 saturated carbocycles. The Balaban J connectivity index is 2.30. The predicted octanol–water partition coefficient (Wildman–Crippen LogP) is 3.03. The van der Waals surface area contributed by atoms with E-state index in [0.717, 1.165) is 18.8 Å². The van der Waals surface area contributed by atoms with Crippen LogP contribution in [0.15, 0.2) is 0 Å². The minimum Gasteiger partial charge on any atom is -0.394 e. The zero-order valence-electron chi connectivity index (χ0n) is 14.1. The van der Waals surface area contributed by atoms with Gasteiger partial charge in [-0.2, -0.15) is 0 Å². The van der Waals surface area contributed by atoms with Gasteiger partial charge in [-0.15, -0.1) is 0 Å². The molecule has 1 aliphatic heterocycles. The fourth-order valence-corrected chi connectivity index (χ4v) is 3.60. The average Bonchev–Trinajstić information content (AvgIpc) is 2.85. The molecule has 0 radical (unpaired) electrons. The Bertz CT molecular complexity index is 251. The van der Waals surface area contributed by atoms with Crippen LogP contribution in [0.25, 0.3) is 0 Å². The molecule has 1 fully saturated rings. The van der Waals surface area contributed by atoms with Crippen LogP contribution in [0.4, 0.5) is 0 Å². The van der Waals surface area contributed by atoms with Gasteiger partial charge in [0, 0.05) is 18.1 Å². The first-order valence-electron chi connectivity index (χ1n) is 8.66. The number of hydrogen-bond acceptors (Lipinski definition) is 3. The van der Waals surface area contributed by atoms with Crippen molar-refractivity contribution in [3.63, 3.8) is 0 Å². The molecule has 0 aromatic carbocycles. The van der Waals surface area contributed by atoms with Crippen LogP contribution in [0.5, 0.6) is 0 Å². The van der Waals surface area contributed by atoms with Crippen LogP contribution in [0.2, 0.25) is 0 Å². The Morgan fingerprint density at radius 2 is 2.10 bits per heavy atom. The Morgan fingerprint density at radius 1 is 1.35 bits per heavy atom. The van der Waals surface area contributed by atoms with E-state index in [-0.39, 0.29) is 12.1 Å². The van der Waals surface area contributed by atoms with E-state index in [9.17, 15) is 5.11 Å². The van der Waals surface area contributed by atoms with Crippen LogP contribution in [0.3, 0.4) is 0 Å². The molecule has 1 rings (SSSR count). The van der Waals surface area contributed by atoms with E-state index in [1.165, 1.54) is 45.3 Å². The van der Waals surface area contributed by atoms with Crippen molar-refractivity contribution < 1.29 is 5.11 Å². The van der Waals surface area contributed by atoms with Gasteiger partial charge in [-0.05, 0) is 51.1 Å². The second-order valence-electron chi connectivity index (χ2n) is 6.94. The summed E-state index contributed by atoms with van der Waals surface area (Å²) >= 11 is 0. The van der Waals surface area contributed by atoms with E-state index < -0.39 is 0 Å². The highest BCUT2D eigenvalue weighted by atomic mass is 16.3. The lowest BCUT2D eigenvalue weighted by Crippen LogP contribution is -2.51. The first kappa shape index (κ1) is 17.9. The molecule has 120 valence electrons. The molecular weight excluding hydrogens is 248 g/mol. The molecule has 3 heteroatoms. The van der Waals surface area contributed by atoms with Crippen LogP contribution in [-0.4, -0.2) is 47.8 Å². The van der Waals surface area contributed by atoms with Gasteiger partial charge >= 0.3 is 0 Å². The monoisotopic (exact) mass is 284 g/mol. The Morgan fingerprint density at radius 3 is 2.65 bits per heavy atom. The third-order valence-electron chi connectivity index (χ3n) is 4.77. The molecule has 0 amide bonds. The van der Waals surface area contributed by atoms with E-state index in [0.29, 0.717) is 6.04 Å². The Labute approximate surface area is 126 Å². The highest BCUT2D eigenvalue weighted by Crippen LogP contribution is 2.23. The molecule has 3 nitrogen and oxygen atoms in total. The Hall–Kier alpha value is -0.120. The number of hydrogen-bond donors (Lipinski definition) is 2. The van der Waals surface area contributed by atoms with Gasteiger partial charge in [-0.3, -0.25) is 0 Å². The maximum Gasteiger partial charge on any atom is 0.0613 e. The van der Waals surface area contributed by atoms with Gasteiger partial charge in [-0.1, -0.05) is 34.1 Å². The molecule has 0 aromatic rings. The summed E-state index contributed by atoms with van der Waals surface area (Å²) in [5.41, 5.74) is -0.0727. The maximum absolute atomic E-state index is 9.75. The van der Waals surface area contributed by atoms with Gasteiger partial charge in [-0.25, -0.2) is 0 Å². The standard InChI is InChI=1S/C17H36N2O/c1-5-8-16-9-12-19(13-16)11-7-10-17(6-2,14-20)18-15(3)4/h15-16,18,20H,5-14H2,1-4H3. The molecule has 2 unspecified atom stereocenters. The quantitative estimate of drug-likeness (QED) is 0.647. The van der Waals surface area contributed by atoms with Crippen LogP contribution in [0, 0.1) is 5.92 Å². The first-order chi connectivity index (χ1) is 9.55. The van der Waals surface area contributed by atoms with Crippen LogP contribution < -0.4 is 5.32 Å². The number of nitrogens with zero attached hydrogens (tertiary/aromatic N) is 1. The fourth-order valence-electron chi connectivity index (χ4n) is 3.60. The zero-order valence-corrected chi connectivity index (χ0v) is 14.1. The molecule has 2 N–H and O–H groups in total. The molecule has 0 aromatic heterocycles. The van der Waals surface area contributed by atoms with Crippen molar-refractivity contribution in [1.82, 2.24) is 10.2 Å². The lowest BCUT2D eigenvalue weighted by atomic mass is 9.90. The van der Waals surface area contributed by atoms with Crippen molar-refractivity contribution in [3.8, 4) is 0 Å². The van der Waals surface area contributed by atoms with E-state index in [1.54, 1.807) is 0 Å². The van der Waals surface area contributed by atoms with Crippen molar-refractivity contribution >= 4 is 0 Å². The van der Waals surface area contributed by atoms with Gasteiger partial charge in [0.15, 0.2) is 0 Å². The van der Waals surface area contributed by atoms with Gasteiger partial charge in [0.25, 0.3) is 0 Å². The zero-order chi connectivity index (χ0) is 15.0. The van der Waals surface area contributed by atoms with E-state index in [1.807, 2.05) is 0 Å². The molecule has 20 heavy (non-hydrogen) atoms. The molecule has 2 atom stereocenters. The number of rotatable bonds is 10. The first-order valence-corrected chi connectivity index (χ1v) is 8.66.